The van der Waals surface area contributed by atoms with E-state index in [9.17, 15) is 9.90 Å². The Morgan fingerprint density at radius 2 is 1.75 bits per heavy atom. The first-order chi connectivity index (χ1) is 11.7. The predicted octanol–water partition coefficient (Wildman–Crippen LogP) is -0.384. The number of nitrogens with zero attached hydrogens (tertiary/aromatic N) is 4. The highest BCUT2D eigenvalue weighted by molar-refractivity contribution is 5.75. The van der Waals surface area contributed by atoms with Crippen LogP contribution in [0.1, 0.15) is 6.42 Å². The second kappa shape index (κ2) is 8.47. The molecule has 2 atom stereocenters. The van der Waals surface area contributed by atoms with Gasteiger partial charge in [-0.1, -0.05) is 0 Å². The monoisotopic (exact) mass is 340 g/mol. The molecule has 0 aromatic rings. The summed E-state index contributed by atoms with van der Waals surface area (Å²) in [5, 5.41) is 9.78. The number of amides is 2. The summed E-state index contributed by atoms with van der Waals surface area (Å²) < 4.78 is 5.33. The molecular formula is C17H32N4O3. The molecule has 0 unspecified atom stereocenters. The van der Waals surface area contributed by atoms with Gasteiger partial charge in [-0.15, -0.1) is 0 Å². The molecule has 3 heterocycles. The highest BCUT2D eigenvalue weighted by Crippen LogP contribution is 2.25. The lowest BCUT2D eigenvalue weighted by Crippen LogP contribution is -2.47. The topological polar surface area (TPSA) is 59.5 Å². The molecule has 3 aliphatic rings. The molecule has 7 heteroatoms. The molecule has 7 nitrogen and oxygen atoms in total. The molecule has 0 saturated carbocycles. The van der Waals surface area contributed by atoms with E-state index in [-0.39, 0.29) is 18.6 Å². The number of aliphatic hydroxyl groups excluding tert-OH is 1. The number of aliphatic hydroxyl groups is 1. The summed E-state index contributed by atoms with van der Waals surface area (Å²) in [6.07, 6.45) is 1.20. The lowest BCUT2D eigenvalue weighted by molar-refractivity contribution is 0.0445. The Morgan fingerprint density at radius 3 is 2.50 bits per heavy atom. The van der Waals surface area contributed by atoms with E-state index >= 15 is 0 Å². The SMILES string of the molecule is CN1CCCN(C[C@@H]2CN(C(=O)N3CCOCC3)C[C@@H]2CO)CC1. The third-order valence-corrected chi connectivity index (χ3v) is 5.67. The highest BCUT2D eigenvalue weighted by Gasteiger charge is 2.37. The maximum absolute atomic E-state index is 12.7. The van der Waals surface area contributed by atoms with Crippen LogP contribution in [0, 0.1) is 11.8 Å². The Morgan fingerprint density at radius 1 is 1.00 bits per heavy atom. The highest BCUT2D eigenvalue weighted by atomic mass is 16.5. The largest absolute Gasteiger partial charge is 0.396 e. The average molecular weight is 340 g/mol. The zero-order valence-electron chi connectivity index (χ0n) is 14.9. The lowest BCUT2D eigenvalue weighted by Gasteiger charge is -2.31. The van der Waals surface area contributed by atoms with Crippen molar-refractivity contribution in [1.29, 1.82) is 0 Å². The second-order valence-electron chi connectivity index (χ2n) is 7.45. The Bertz CT molecular complexity index is 417. The molecule has 0 aromatic carbocycles. The van der Waals surface area contributed by atoms with Crippen molar-refractivity contribution in [1.82, 2.24) is 19.6 Å². The molecule has 1 N–H and O–H groups in total. The van der Waals surface area contributed by atoms with E-state index in [2.05, 4.69) is 16.8 Å². The van der Waals surface area contributed by atoms with Crippen LogP contribution in [0.4, 0.5) is 4.79 Å². The van der Waals surface area contributed by atoms with Crippen molar-refractivity contribution in [2.24, 2.45) is 11.8 Å². The van der Waals surface area contributed by atoms with Crippen molar-refractivity contribution in [2.45, 2.75) is 6.42 Å². The molecule has 0 aromatic heterocycles. The minimum absolute atomic E-state index is 0.120. The van der Waals surface area contributed by atoms with Gasteiger partial charge in [0.2, 0.25) is 0 Å². The molecule has 2 amide bonds. The van der Waals surface area contributed by atoms with Crippen molar-refractivity contribution in [3.05, 3.63) is 0 Å². The van der Waals surface area contributed by atoms with Gasteiger partial charge in [0.15, 0.2) is 0 Å². The first-order valence-corrected chi connectivity index (χ1v) is 9.30. The number of urea groups is 1. The average Bonchev–Trinajstić information content (AvgIpc) is 2.91. The van der Waals surface area contributed by atoms with Gasteiger partial charge in [-0.25, -0.2) is 4.79 Å². The molecule has 3 fully saturated rings. The zero-order chi connectivity index (χ0) is 16.9. The maximum atomic E-state index is 12.7. The summed E-state index contributed by atoms with van der Waals surface area (Å²) >= 11 is 0. The molecule has 138 valence electrons. The van der Waals surface area contributed by atoms with Gasteiger partial charge in [0.25, 0.3) is 0 Å². The minimum atomic E-state index is 0.120. The minimum Gasteiger partial charge on any atom is -0.396 e. The van der Waals surface area contributed by atoms with Crippen LogP contribution >= 0.6 is 0 Å². The molecule has 0 radical (unpaired) electrons. The van der Waals surface area contributed by atoms with Crippen LogP contribution in [0.25, 0.3) is 0 Å². The fourth-order valence-electron chi connectivity index (χ4n) is 4.08. The quantitative estimate of drug-likeness (QED) is 0.759. The lowest BCUT2D eigenvalue weighted by atomic mass is 9.96. The third kappa shape index (κ3) is 4.39. The van der Waals surface area contributed by atoms with E-state index in [1.165, 1.54) is 6.42 Å². The number of likely N-dealkylation sites (N-methyl/N-ethyl adjacent to an activating group) is 1. The predicted molar refractivity (Wildman–Crippen MR) is 92.0 cm³/mol. The van der Waals surface area contributed by atoms with Crippen LogP contribution in [-0.2, 0) is 4.74 Å². The van der Waals surface area contributed by atoms with Gasteiger partial charge in [-0.05, 0) is 32.5 Å². The van der Waals surface area contributed by atoms with Crippen LogP contribution in [0.5, 0.6) is 0 Å². The van der Waals surface area contributed by atoms with Crippen molar-refractivity contribution >= 4 is 6.03 Å². The van der Waals surface area contributed by atoms with Crippen LogP contribution in [0.15, 0.2) is 0 Å². The summed E-state index contributed by atoms with van der Waals surface area (Å²) in [4.78, 5) is 21.4. The smallest absolute Gasteiger partial charge is 0.320 e. The van der Waals surface area contributed by atoms with E-state index in [0.717, 1.165) is 39.3 Å². The number of carbonyl (C=O) groups excluding carboxylic acids is 1. The number of hydrogen-bond donors (Lipinski definition) is 1. The standard InChI is InChI=1S/C17H32N4O3/c1-18-3-2-4-19(6-5-18)11-15-12-21(13-16(15)14-22)17(23)20-7-9-24-10-8-20/h15-16,22H,2-14H2,1H3/t15-,16-/m1/s1. The second-order valence-corrected chi connectivity index (χ2v) is 7.45. The van der Waals surface area contributed by atoms with Gasteiger partial charge in [0, 0.05) is 58.3 Å². The normalized spacial score (nSPS) is 30.6. The Kier molecular flexibility index (Phi) is 6.32. The van der Waals surface area contributed by atoms with E-state index in [1.54, 1.807) is 0 Å². The first kappa shape index (κ1) is 17.9. The van der Waals surface area contributed by atoms with Crippen molar-refractivity contribution in [2.75, 3.05) is 85.8 Å². The van der Waals surface area contributed by atoms with E-state index in [4.69, 9.17) is 4.74 Å². The van der Waals surface area contributed by atoms with Gasteiger partial charge in [-0.2, -0.15) is 0 Å². The summed E-state index contributed by atoms with van der Waals surface area (Å²) in [6.45, 7) is 9.72. The van der Waals surface area contributed by atoms with Gasteiger partial charge < -0.3 is 29.4 Å². The zero-order valence-corrected chi connectivity index (χ0v) is 14.9. The molecular weight excluding hydrogens is 308 g/mol. The Balaban J connectivity index is 1.54. The van der Waals surface area contributed by atoms with E-state index in [1.807, 2.05) is 9.80 Å². The summed E-state index contributed by atoms with van der Waals surface area (Å²) in [6, 6.07) is 0.120. The fraction of sp³-hybridized carbons (Fsp3) is 0.941. The number of rotatable bonds is 3. The van der Waals surface area contributed by atoms with Crippen molar-refractivity contribution < 1.29 is 14.6 Å². The summed E-state index contributed by atoms with van der Waals surface area (Å²) in [5.41, 5.74) is 0. The third-order valence-electron chi connectivity index (χ3n) is 5.67. The van der Waals surface area contributed by atoms with Gasteiger partial charge in [0.1, 0.15) is 0 Å². The van der Waals surface area contributed by atoms with E-state index in [0.29, 0.717) is 38.8 Å². The molecule has 3 aliphatic heterocycles. The van der Waals surface area contributed by atoms with Crippen LogP contribution in [0.3, 0.4) is 0 Å². The van der Waals surface area contributed by atoms with Gasteiger partial charge in [0.05, 0.1) is 13.2 Å². The fourth-order valence-corrected chi connectivity index (χ4v) is 4.08. The van der Waals surface area contributed by atoms with Crippen LogP contribution < -0.4 is 0 Å². The number of carbonyl (C=O) groups is 1. The number of ether oxygens (including phenoxy) is 1. The number of morpholine rings is 1. The molecule has 0 bridgehead atoms. The molecule has 0 spiro atoms. The van der Waals surface area contributed by atoms with Gasteiger partial charge >= 0.3 is 6.03 Å². The molecule has 0 aliphatic carbocycles. The van der Waals surface area contributed by atoms with Gasteiger partial charge in [-0.3, -0.25) is 0 Å². The maximum Gasteiger partial charge on any atom is 0.320 e. The molecule has 3 rings (SSSR count). The molecule has 24 heavy (non-hydrogen) atoms. The molecule has 3 saturated heterocycles. The Labute approximate surface area is 145 Å². The van der Waals surface area contributed by atoms with E-state index < -0.39 is 0 Å². The van der Waals surface area contributed by atoms with Crippen molar-refractivity contribution in [3.63, 3.8) is 0 Å². The van der Waals surface area contributed by atoms with Crippen LogP contribution in [0.2, 0.25) is 0 Å². The Hall–Kier alpha value is -0.890. The number of hydrogen-bond acceptors (Lipinski definition) is 5. The summed E-state index contributed by atoms with van der Waals surface area (Å²) in [7, 11) is 2.18. The number of likely N-dealkylation sites (tertiary alicyclic amines) is 1. The van der Waals surface area contributed by atoms with Crippen molar-refractivity contribution in [3.8, 4) is 0 Å². The summed E-state index contributed by atoms with van der Waals surface area (Å²) in [5.74, 6) is 0.583. The first-order valence-electron chi connectivity index (χ1n) is 9.30. The van der Waals surface area contributed by atoms with Crippen LogP contribution in [-0.4, -0.2) is 117 Å².